The highest BCUT2D eigenvalue weighted by atomic mass is 32.2. The Morgan fingerprint density at radius 3 is 2.50 bits per heavy atom. The lowest BCUT2D eigenvalue weighted by Gasteiger charge is -2.08. The second-order valence-electron chi connectivity index (χ2n) is 5.34. The number of sulfonamides is 1. The van der Waals surface area contributed by atoms with Gasteiger partial charge in [0.1, 0.15) is 0 Å². The van der Waals surface area contributed by atoms with Gasteiger partial charge in [-0.25, -0.2) is 13.1 Å². The van der Waals surface area contributed by atoms with Crippen LogP contribution in [-0.4, -0.2) is 31.6 Å². The van der Waals surface area contributed by atoms with Crippen molar-refractivity contribution in [2.45, 2.75) is 19.4 Å². The lowest BCUT2D eigenvalue weighted by atomic mass is 10.1. The molecule has 0 saturated heterocycles. The van der Waals surface area contributed by atoms with E-state index in [9.17, 15) is 13.2 Å². The van der Waals surface area contributed by atoms with Crippen LogP contribution in [-0.2, 0) is 27.8 Å². The van der Waals surface area contributed by atoms with Gasteiger partial charge in [-0.1, -0.05) is 36.4 Å². The molecule has 7 heteroatoms. The average molecular weight is 347 g/mol. The van der Waals surface area contributed by atoms with Gasteiger partial charge in [-0.15, -0.1) is 0 Å². The first-order valence-electron chi connectivity index (χ1n) is 7.72. The number of amides is 1. The van der Waals surface area contributed by atoms with E-state index in [4.69, 9.17) is 0 Å². The molecule has 2 rings (SSSR count). The average Bonchev–Trinajstić information content (AvgIpc) is 2.60. The lowest BCUT2D eigenvalue weighted by Crippen LogP contribution is -2.34. The Morgan fingerprint density at radius 2 is 1.79 bits per heavy atom. The molecule has 1 heterocycles. The van der Waals surface area contributed by atoms with E-state index in [1.807, 2.05) is 30.3 Å². The molecule has 0 atom stereocenters. The van der Waals surface area contributed by atoms with Crippen molar-refractivity contribution in [1.29, 1.82) is 0 Å². The number of carbonyl (C=O) groups excluding carboxylic acids is 1. The van der Waals surface area contributed by atoms with Crippen LogP contribution < -0.4 is 10.0 Å². The van der Waals surface area contributed by atoms with Crippen molar-refractivity contribution < 1.29 is 13.2 Å². The first kappa shape index (κ1) is 18.1. The molecule has 6 nitrogen and oxygen atoms in total. The first-order valence-corrected chi connectivity index (χ1v) is 9.37. The summed E-state index contributed by atoms with van der Waals surface area (Å²) in [6.45, 7) is 0.286. The summed E-state index contributed by atoms with van der Waals surface area (Å²) in [6.07, 6.45) is 4.21. The number of rotatable bonds is 9. The van der Waals surface area contributed by atoms with E-state index in [2.05, 4.69) is 15.0 Å². The van der Waals surface area contributed by atoms with Crippen LogP contribution in [0.5, 0.6) is 0 Å². The number of pyridine rings is 1. The van der Waals surface area contributed by atoms with Crippen molar-refractivity contribution in [3.05, 3.63) is 66.0 Å². The van der Waals surface area contributed by atoms with E-state index in [0.29, 0.717) is 12.8 Å². The zero-order valence-corrected chi connectivity index (χ0v) is 14.1. The summed E-state index contributed by atoms with van der Waals surface area (Å²) in [5.41, 5.74) is 1.87. The monoisotopic (exact) mass is 347 g/mol. The summed E-state index contributed by atoms with van der Waals surface area (Å²) in [7, 11) is -3.44. The van der Waals surface area contributed by atoms with Gasteiger partial charge in [0.15, 0.2) is 0 Å². The summed E-state index contributed by atoms with van der Waals surface area (Å²) in [6, 6.07) is 13.2. The highest BCUT2D eigenvalue weighted by Gasteiger charge is 2.11. The normalized spacial score (nSPS) is 11.2. The third-order valence-corrected chi connectivity index (χ3v) is 4.72. The van der Waals surface area contributed by atoms with Gasteiger partial charge in [0.05, 0.1) is 5.75 Å². The Hall–Kier alpha value is -2.25. The van der Waals surface area contributed by atoms with Crippen molar-refractivity contribution in [3.63, 3.8) is 0 Å². The molecule has 1 aromatic heterocycles. The standard InChI is InChI=1S/C17H21N3O3S/c21-17(9-8-15-5-2-1-3-6-15)19-11-12-24(22,23)20-14-16-7-4-10-18-13-16/h1-7,10,13,20H,8-9,11-12,14H2,(H,19,21). The fourth-order valence-corrected chi connectivity index (χ4v) is 2.99. The van der Waals surface area contributed by atoms with Crippen LogP contribution in [0.25, 0.3) is 0 Å². The van der Waals surface area contributed by atoms with E-state index in [1.165, 1.54) is 0 Å². The molecule has 24 heavy (non-hydrogen) atoms. The van der Waals surface area contributed by atoms with Crippen LogP contribution in [0.1, 0.15) is 17.5 Å². The molecule has 0 aliphatic heterocycles. The maximum Gasteiger partial charge on any atom is 0.220 e. The Labute approximate surface area is 142 Å². The fraction of sp³-hybridized carbons (Fsp3) is 0.294. The Bertz CT molecular complexity index is 734. The Kier molecular flexibility index (Phi) is 6.89. The quantitative estimate of drug-likeness (QED) is 0.714. The molecule has 2 aromatic rings. The van der Waals surface area contributed by atoms with Crippen molar-refractivity contribution in [3.8, 4) is 0 Å². The molecule has 0 aliphatic rings. The third kappa shape index (κ3) is 6.89. The predicted molar refractivity (Wildman–Crippen MR) is 92.6 cm³/mol. The van der Waals surface area contributed by atoms with Crippen LogP contribution >= 0.6 is 0 Å². The molecule has 0 aliphatic carbocycles. The molecule has 2 N–H and O–H groups in total. The third-order valence-electron chi connectivity index (χ3n) is 3.40. The largest absolute Gasteiger partial charge is 0.355 e. The van der Waals surface area contributed by atoms with Crippen molar-refractivity contribution in [2.24, 2.45) is 0 Å². The van der Waals surface area contributed by atoms with E-state index in [1.54, 1.807) is 24.5 Å². The molecule has 0 bridgehead atoms. The number of nitrogens with zero attached hydrogens (tertiary/aromatic N) is 1. The molecule has 0 spiro atoms. The van der Waals surface area contributed by atoms with Crippen molar-refractivity contribution in [1.82, 2.24) is 15.0 Å². The second kappa shape index (κ2) is 9.14. The zero-order chi connectivity index (χ0) is 17.3. The molecule has 1 amide bonds. The number of hydrogen-bond donors (Lipinski definition) is 2. The lowest BCUT2D eigenvalue weighted by molar-refractivity contribution is -0.120. The molecule has 0 fully saturated rings. The molecule has 0 unspecified atom stereocenters. The summed E-state index contributed by atoms with van der Waals surface area (Å²) in [4.78, 5) is 15.7. The van der Waals surface area contributed by atoms with E-state index >= 15 is 0 Å². The number of benzene rings is 1. The maximum atomic E-state index is 11.9. The van der Waals surface area contributed by atoms with E-state index in [-0.39, 0.29) is 24.7 Å². The van der Waals surface area contributed by atoms with Gasteiger partial charge >= 0.3 is 0 Å². The van der Waals surface area contributed by atoms with Crippen molar-refractivity contribution in [2.75, 3.05) is 12.3 Å². The van der Waals surface area contributed by atoms with Crippen LogP contribution in [0.2, 0.25) is 0 Å². The summed E-state index contributed by atoms with van der Waals surface area (Å²) >= 11 is 0. The van der Waals surface area contributed by atoms with Crippen LogP contribution in [0, 0.1) is 0 Å². The SMILES string of the molecule is O=C(CCc1ccccc1)NCCS(=O)(=O)NCc1cccnc1. The maximum absolute atomic E-state index is 11.9. The minimum absolute atomic E-state index is 0.0933. The highest BCUT2D eigenvalue weighted by Crippen LogP contribution is 2.02. The van der Waals surface area contributed by atoms with Gasteiger partial charge in [0, 0.05) is 31.9 Å². The molecule has 1 aromatic carbocycles. The van der Waals surface area contributed by atoms with Crippen LogP contribution in [0.3, 0.4) is 0 Å². The molecular weight excluding hydrogens is 326 g/mol. The Morgan fingerprint density at radius 1 is 1.04 bits per heavy atom. The van der Waals surface area contributed by atoms with E-state index in [0.717, 1.165) is 11.1 Å². The summed E-state index contributed by atoms with van der Waals surface area (Å²) in [5, 5.41) is 2.64. The summed E-state index contributed by atoms with van der Waals surface area (Å²) in [5.74, 6) is -0.300. The van der Waals surface area contributed by atoms with E-state index < -0.39 is 10.0 Å². The van der Waals surface area contributed by atoms with Crippen LogP contribution in [0.4, 0.5) is 0 Å². The van der Waals surface area contributed by atoms with Gasteiger partial charge < -0.3 is 5.32 Å². The zero-order valence-electron chi connectivity index (χ0n) is 13.3. The molecule has 0 radical (unpaired) electrons. The second-order valence-corrected chi connectivity index (χ2v) is 7.26. The Balaban J connectivity index is 1.65. The minimum atomic E-state index is -3.44. The predicted octanol–water partition coefficient (Wildman–Crippen LogP) is 1.25. The molecular formula is C17H21N3O3S. The smallest absolute Gasteiger partial charge is 0.220 e. The molecule has 128 valence electrons. The number of carbonyl (C=O) groups is 1. The fourth-order valence-electron chi connectivity index (χ4n) is 2.08. The van der Waals surface area contributed by atoms with Gasteiger partial charge in [0.2, 0.25) is 15.9 Å². The number of aromatic nitrogens is 1. The van der Waals surface area contributed by atoms with Crippen LogP contribution in [0.15, 0.2) is 54.9 Å². The molecule has 0 saturated carbocycles. The number of aryl methyl sites for hydroxylation is 1. The topological polar surface area (TPSA) is 88.2 Å². The number of nitrogens with one attached hydrogen (secondary N) is 2. The van der Waals surface area contributed by atoms with Gasteiger partial charge in [-0.05, 0) is 23.6 Å². The minimum Gasteiger partial charge on any atom is -0.355 e. The van der Waals surface area contributed by atoms with Gasteiger partial charge in [-0.3, -0.25) is 9.78 Å². The van der Waals surface area contributed by atoms with Gasteiger partial charge in [0.25, 0.3) is 0 Å². The summed E-state index contributed by atoms with van der Waals surface area (Å²) < 4.78 is 26.3. The first-order chi connectivity index (χ1) is 11.6. The van der Waals surface area contributed by atoms with Gasteiger partial charge in [-0.2, -0.15) is 0 Å². The van der Waals surface area contributed by atoms with Crippen molar-refractivity contribution >= 4 is 15.9 Å². The number of hydrogen-bond acceptors (Lipinski definition) is 4. The highest BCUT2D eigenvalue weighted by molar-refractivity contribution is 7.89.